The van der Waals surface area contributed by atoms with Gasteiger partial charge in [0.15, 0.2) is 5.78 Å². The summed E-state index contributed by atoms with van der Waals surface area (Å²) in [5, 5.41) is 5.21. The fourth-order valence-corrected chi connectivity index (χ4v) is 5.83. The van der Waals surface area contributed by atoms with Crippen molar-refractivity contribution in [1.29, 1.82) is 0 Å². The number of carbonyl (C=O) groups is 1. The summed E-state index contributed by atoms with van der Waals surface area (Å²) < 4.78 is 1.35. The number of Topliss-reactive ketones (excluding diaryl/α,β-unsaturated/α-hetero) is 1. The summed E-state index contributed by atoms with van der Waals surface area (Å²) >= 11 is 1.39. The molecule has 2 atom stereocenters. The lowest BCUT2D eigenvalue weighted by molar-refractivity contribution is -0.120. The Balaban J connectivity index is 1.39. The van der Waals surface area contributed by atoms with Crippen molar-refractivity contribution < 1.29 is 4.79 Å². The summed E-state index contributed by atoms with van der Waals surface area (Å²) in [4.78, 5) is 32.6. The van der Waals surface area contributed by atoms with Gasteiger partial charge in [-0.3, -0.25) is 9.59 Å². The van der Waals surface area contributed by atoms with Crippen LogP contribution in [0.3, 0.4) is 0 Å². The van der Waals surface area contributed by atoms with Gasteiger partial charge in [-0.25, -0.2) is 4.98 Å². The lowest BCUT2D eigenvalue weighted by atomic mass is 9.79. The number of hydrogen-bond acceptors (Lipinski definition) is 6. The van der Waals surface area contributed by atoms with Crippen molar-refractivity contribution in [3.05, 3.63) is 57.5 Å². The minimum Gasteiger partial charge on any atom is -0.337 e. The molecule has 1 fully saturated rings. The Labute approximate surface area is 173 Å². The van der Waals surface area contributed by atoms with E-state index in [4.69, 9.17) is 0 Å². The molecule has 1 saturated heterocycles. The van der Waals surface area contributed by atoms with Crippen LogP contribution in [0, 0.1) is 6.92 Å². The van der Waals surface area contributed by atoms with Crippen molar-refractivity contribution in [2.75, 3.05) is 11.4 Å². The molecule has 29 heavy (non-hydrogen) atoms. The maximum Gasteiger partial charge on any atom is 0.275 e. The second kappa shape index (κ2) is 7.37. The maximum absolute atomic E-state index is 13.3. The van der Waals surface area contributed by atoms with E-state index in [1.807, 2.05) is 6.92 Å². The van der Waals surface area contributed by atoms with Gasteiger partial charge < -0.3 is 4.90 Å². The lowest BCUT2D eigenvalue weighted by Gasteiger charge is -2.28. The number of ketones is 1. The molecule has 0 bridgehead atoms. The Hall–Kier alpha value is -2.54. The van der Waals surface area contributed by atoms with Crippen molar-refractivity contribution in [3.8, 4) is 0 Å². The molecule has 0 saturated carbocycles. The summed E-state index contributed by atoms with van der Waals surface area (Å²) in [5.74, 6) is 0.608. The molecule has 0 amide bonds. The smallest absolute Gasteiger partial charge is 0.275 e. The number of aryl methyl sites for hydroxylation is 2. The molecule has 3 aromatic rings. The van der Waals surface area contributed by atoms with Crippen LogP contribution in [0.2, 0.25) is 0 Å². The normalized spacial score (nSPS) is 21.5. The van der Waals surface area contributed by atoms with Crippen LogP contribution in [-0.2, 0) is 11.2 Å². The molecule has 1 aromatic carbocycles. The largest absolute Gasteiger partial charge is 0.337 e. The van der Waals surface area contributed by atoms with Crippen molar-refractivity contribution in [3.63, 3.8) is 0 Å². The molecule has 0 N–H and O–H groups in total. The Morgan fingerprint density at radius 1 is 1.24 bits per heavy atom. The van der Waals surface area contributed by atoms with E-state index >= 15 is 0 Å². The molecule has 6 nitrogen and oxygen atoms in total. The van der Waals surface area contributed by atoms with Crippen LogP contribution in [0.1, 0.15) is 54.8 Å². The zero-order valence-electron chi connectivity index (χ0n) is 16.5. The van der Waals surface area contributed by atoms with Crippen LogP contribution in [0.15, 0.2) is 35.1 Å². The second-order valence-corrected chi connectivity index (χ2v) is 9.06. The number of anilines is 1. The third kappa shape index (κ3) is 3.37. The Kier molecular flexibility index (Phi) is 4.70. The highest BCUT2D eigenvalue weighted by Gasteiger charge is 2.35. The molecule has 0 spiro atoms. The van der Waals surface area contributed by atoms with Crippen LogP contribution < -0.4 is 10.5 Å². The summed E-state index contributed by atoms with van der Waals surface area (Å²) in [7, 11) is 0. The quantitative estimate of drug-likeness (QED) is 0.661. The Morgan fingerprint density at radius 3 is 3.00 bits per heavy atom. The molecule has 3 heterocycles. The van der Waals surface area contributed by atoms with Gasteiger partial charge in [0.2, 0.25) is 10.1 Å². The van der Waals surface area contributed by atoms with E-state index in [-0.39, 0.29) is 11.6 Å². The predicted molar refractivity (Wildman–Crippen MR) is 114 cm³/mol. The van der Waals surface area contributed by atoms with Crippen LogP contribution >= 0.6 is 11.3 Å². The van der Waals surface area contributed by atoms with E-state index in [1.165, 1.54) is 33.0 Å². The second-order valence-electron chi connectivity index (χ2n) is 8.12. The average molecular weight is 409 g/mol. The van der Waals surface area contributed by atoms with E-state index in [0.29, 0.717) is 28.8 Å². The summed E-state index contributed by atoms with van der Waals surface area (Å²) in [6.45, 7) is 2.61. The fourth-order valence-electron chi connectivity index (χ4n) is 4.80. The third-order valence-electron chi connectivity index (χ3n) is 6.17. The van der Waals surface area contributed by atoms with Gasteiger partial charge in [-0.2, -0.15) is 4.52 Å². The number of nitrogens with zero attached hydrogens (tertiary/aromatic N) is 4. The van der Waals surface area contributed by atoms with Gasteiger partial charge in [0.25, 0.3) is 5.56 Å². The molecule has 5 rings (SSSR count). The summed E-state index contributed by atoms with van der Waals surface area (Å²) in [6.07, 6.45) is 5.74. The Bertz CT molecular complexity index is 1140. The van der Waals surface area contributed by atoms with Gasteiger partial charge in [0.05, 0.1) is 6.04 Å². The van der Waals surface area contributed by atoms with Gasteiger partial charge >= 0.3 is 0 Å². The number of rotatable bonds is 4. The zero-order valence-corrected chi connectivity index (χ0v) is 17.3. The predicted octanol–water partition coefficient (Wildman–Crippen LogP) is 3.51. The topological polar surface area (TPSA) is 67.6 Å². The molecule has 0 radical (unpaired) electrons. The number of fused-ring (bicyclic) bond motifs is 2. The molecule has 2 aliphatic rings. The van der Waals surface area contributed by atoms with E-state index < -0.39 is 0 Å². The SMILES string of the molecule is Cc1cc(=O)n2nc(N3CCC[C@@H]3C(=O)C[C@@H]3CCCc4ccccc43)sc2n1. The lowest BCUT2D eigenvalue weighted by Crippen LogP contribution is -2.37. The van der Waals surface area contributed by atoms with Gasteiger partial charge in [-0.15, -0.1) is 5.10 Å². The first kappa shape index (κ1) is 18.5. The third-order valence-corrected chi connectivity index (χ3v) is 7.12. The zero-order chi connectivity index (χ0) is 20.0. The minimum absolute atomic E-state index is 0.151. The van der Waals surface area contributed by atoms with E-state index in [2.05, 4.69) is 39.2 Å². The highest BCUT2D eigenvalue weighted by Crippen LogP contribution is 2.36. The number of hydrogen-bond donors (Lipinski definition) is 0. The van der Waals surface area contributed by atoms with Crippen molar-refractivity contribution >= 4 is 27.2 Å². The molecular formula is C22H24N4O2S. The van der Waals surface area contributed by atoms with Gasteiger partial charge in [0.1, 0.15) is 0 Å². The van der Waals surface area contributed by atoms with Crippen LogP contribution in [0.4, 0.5) is 5.13 Å². The van der Waals surface area contributed by atoms with Crippen molar-refractivity contribution in [1.82, 2.24) is 14.6 Å². The van der Waals surface area contributed by atoms with E-state index in [0.717, 1.165) is 43.8 Å². The highest BCUT2D eigenvalue weighted by atomic mass is 32.1. The first-order valence-electron chi connectivity index (χ1n) is 10.3. The Morgan fingerprint density at radius 2 is 2.10 bits per heavy atom. The molecule has 0 unspecified atom stereocenters. The van der Waals surface area contributed by atoms with E-state index in [1.54, 1.807) is 0 Å². The molecule has 1 aliphatic carbocycles. The first-order valence-corrected chi connectivity index (χ1v) is 11.2. The standard InChI is InChI=1S/C22H24N4O2S/c1-14-12-20(28)26-21(23-14)29-22(24-26)25-11-5-10-18(25)19(27)13-16-8-4-7-15-6-2-3-9-17(15)16/h2-3,6,9,12,16,18H,4-5,7-8,10-11,13H2,1H3/t16-,18+/m0/s1. The molecule has 150 valence electrons. The van der Waals surface area contributed by atoms with Gasteiger partial charge in [0, 0.05) is 24.7 Å². The summed E-state index contributed by atoms with van der Waals surface area (Å²) in [5.41, 5.74) is 3.26. The minimum atomic E-state index is -0.170. The number of carbonyl (C=O) groups excluding carboxylic acids is 1. The van der Waals surface area contributed by atoms with Crippen LogP contribution in [0.5, 0.6) is 0 Å². The van der Waals surface area contributed by atoms with Crippen LogP contribution in [-0.4, -0.2) is 33.0 Å². The molecule has 7 heteroatoms. The number of aromatic nitrogens is 3. The summed E-state index contributed by atoms with van der Waals surface area (Å²) in [6, 6.07) is 9.89. The monoisotopic (exact) mass is 408 g/mol. The average Bonchev–Trinajstić information content (AvgIpc) is 3.35. The maximum atomic E-state index is 13.3. The first-order chi connectivity index (χ1) is 14.1. The molecular weight excluding hydrogens is 384 g/mol. The fraction of sp³-hybridized carbons (Fsp3) is 0.455. The van der Waals surface area contributed by atoms with Crippen molar-refractivity contribution in [2.45, 2.75) is 57.4 Å². The van der Waals surface area contributed by atoms with E-state index in [9.17, 15) is 9.59 Å². The van der Waals surface area contributed by atoms with Crippen molar-refractivity contribution in [2.24, 2.45) is 0 Å². The molecule has 2 aromatic heterocycles. The van der Waals surface area contributed by atoms with Crippen LogP contribution in [0.25, 0.3) is 4.96 Å². The number of benzene rings is 1. The van der Waals surface area contributed by atoms with Gasteiger partial charge in [-0.1, -0.05) is 35.6 Å². The molecule has 1 aliphatic heterocycles. The van der Waals surface area contributed by atoms with Gasteiger partial charge in [-0.05, 0) is 56.1 Å². The highest BCUT2D eigenvalue weighted by molar-refractivity contribution is 7.20.